The maximum Gasteiger partial charge on any atom is 0.407 e. The zero-order valence-electron chi connectivity index (χ0n) is 27.9. The number of carboxylic acid groups (broad SMARTS) is 1. The Hall–Kier alpha value is -5.74. The fourth-order valence-corrected chi connectivity index (χ4v) is 6.59. The van der Waals surface area contributed by atoms with Crippen LogP contribution >= 0.6 is 0 Å². The van der Waals surface area contributed by atoms with Crippen molar-refractivity contribution in [1.82, 2.24) is 29.1 Å². The molecule has 7 rings (SSSR count). The van der Waals surface area contributed by atoms with E-state index in [9.17, 15) is 14.7 Å². The standard InChI is InChI=1S/C40H40N6O4/c47-39(32-16-8-3-9-17-32)44-23-21-43(22-24-44)19-11-20-45(40(48)49)29-37-34(27-33-18-10-25-50-33)42-38-35(26-30-12-4-1-5-13-30)41-36(28-46(37)38)31-14-6-2-7-15-31/h1-10,12-18,25,28H,11,19-24,26-27,29H2,(H,48,49). The van der Waals surface area contributed by atoms with Crippen molar-refractivity contribution < 1.29 is 19.1 Å². The van der Waals surface area contributed by atoms with Crippen molar-refractivity contribution in [3.8, 4) is 11.3 Å². The molecule has 254 valence electrons. The van der Waals surface area contributed by atoms with Gasteiger partial charge in [0.25, 0.3) is 5.91 Å². The third-order valence-electron chi connectivity index (χ3n) is 9.26. The Kier molecular flexibility index (Phi) is 9.98. The SMILES string of the molecule is O=C(O)N(CCCN1CCN(C(=O)c2ccccc2)CC1)Cc1c(Cc2ccco2)nc2c(Cc3ccccc3)nc(-c3ccccc3)cn12. The quantitative estimate of drug-likeness (QED) is 0.159. The zero-order valence-corrected chi connectivity index (χ0v) is 27.9. The number of nitrogens with zero attached hydrogens (tertiary/aromatic N) is 6. The van der Waals surface area contributed by atoms with E-state index in [0.717, 1.165) is 59.3 Å². The first kappa shape index (κ1) is 32.8. The van der Waals surface area contributed by atoms with Crippen LogP contribution in [0.4, 0.5) is 4.79 Å². The Morgan fingerprint density at radius 3 is 2.16 bits per heavy atom. The highest BCUT2D eigenvalue weighted by Gasteiger charge is 2.25. The number of carbonyl (C=O) groups is 2. The van der Waals surface area contributed by atoms with Crippen LogP contribution in [0.15, 0.2) is 120 Å². The lowest BCUT2D eigenvalue weighted by atomic mass is 10.1. The number of rotatable bonds is 12. The summed E-state index contributed by atoms with van der Waals surface area (Å²) in [6.07, 6.45) is 4.30. The largest absolute Gasteiger partial charge is 0.469 e. The van der Waals surface area contributed by atoms with Crippen molar-refractivity contribution in [2.45, 2.75) is 25.8 Å². The highest BCUT2D eigenvalue weighted by Crippen LogP contribution is 2.26. The molecule has 2 amide bonds. The van der Waals surface area contributed by atoms with E-state index in [-0.39, 0.29) is 12.5 Å². The second-order valence-electron chi connectivity index (χ2n) is 12.6. The summed E-state index contributed by atoms with van der Waals surface area (Å²) in [4.78, 5) is 41.5. The van der Waals surface area contributed by atoms with E-state index < -0.39 is 6.09 Å². The third kappa shape index (κ3) is 7.61. The van der Waals surface area contributed by atoms with E-state index in [0.29, 0.717) is 50.1 Å². The highest BCUT2D eigenvalue weighted by atomic mass is 16.4. The molecule has 6 aromatic rings. The molecule has 3 aromatic heterocycles. The minimum Gasteiger partial charge on any atom is -0.469 e. The number of amides is 2. The van der Waals surface area contributed by atoms with Gasteiger partial charge in [-0.2, -0.15) is 0 Å². The van der Waals surface area contributed by atoms with Crippen LogP contribution < -0.4 is 0 Å². The van der Waals surface area contributed by atoms with Crippen molar-refractivity contribution in [2.24, 2.45) is 0 Å². The Morgan fingerprint density at radius 2 is 1.48 bits per heavy atom. The van der Waals surface area contributed by atoms with Gasteiger partial charge in [0.15, 0.2) is 5.65 Å². The Labute approximate surface area is 291 Å². The molecule has 0 radical (unpaired) electrons. The number of furan rings is 1. The molecule has 1 aliphatic heterocycles. The maximum absolute atomic E-state index is 12.9. The van der Waals surface area contributed by atoms with Crippen LogP contribution in [0.25, 0.3) is 16.9 Å². The molecule has 1 N–H and O–H groups in total. The fraction of sp³-hybridized carbons (Fsp3) is 0.250. The highest BCUT2D eigenvalue weighted by molar-refractivity contribution is 5.94. The van der Waals surface area contributed by atoms with Gasteiger partial charge in [0.05, 0.1) is 42.0 Å². The molecule has 0 unspecified atom stereocenters. The van der Waals surface area contributed by atoms with Crippen LogP contribution in [-0.2, 0) is 19.4 Å². The van der Waals surface area contributed by atoms with Gasteiger partial charge in [-0.05, 0) is 42.8 Å². The summed E-state index contributed by atoms with van der Waals surface area (Å²) in [5.74, 6) is 0.806. The van der Waals surface area contributed by atoms with Gasteiger partial charge < -0.3 is 19.3 Å². The van der Waals surface area contributed by atoms with Gasteiger partial charge in [-0.3, -0.25) is 14.1 Å². The number of imidazole rings is 1. The van der Waals surface area contributed by atoms with Crippen LogP contribution in [0.3, 0.4) is 0 Å². The molecule has 50 heavy (non-hydrogen) atoms. The third-order valence-corrected chi connectivity index (χ3v) is 9.26. The summed E-state index contributed by atoms with van der Waals surface area (Å²) in [5.41, 5.74) is 6.65. The van der Waals surface area contributed by atoms with E-state index in [2.05, 4.69) is 17.0 Å². The molecule has 0 atom stereocenters. The van der Waals surface area contributed by atoms with Crippen LogP contribution in [-0.4, -0.2) is 85.4 Å². The van der Waals surface area contributed by atoms with Crippen molar-refractivity contribution in [3.05, 3.63) is 150 Å². The molecule has 10 nitrogen and oxygen atoms in total. The summed E-state index contributed by atoms with van der Waals surface area (Å²) in [6.45, 7) is 4.08. The van der Waals surface area contributed by atoms with Crippen LogP contribution in [0.2, 0.25) is 0 Å². The van der Waals surface area contributed by atoms with Crippen LogP contribution in [0, 0.1) is 0 Å². The Bertz CT molecular complexity index is 2020. The molecular formula is C40H40N6O4. The van der Waals surface area contributed by atoms with E-state index in [1.54, 1.807) is 6.26 Å². The number of aromatic nitrogens is 3. The molecule has 0 saturated carbocycles. The fourth-order valence-electron chi connectivity index (χ4n) is 6.59. The Morgan fingerprint density at radius 1 is 0.780 bits per heavy atom. The van der Waals surface area contributed by atoms with Gasteiger partial charge >= 0.3 is 6.09 Å². The topological polar surface area (TPSA) is 107 Å². The van der Waals surface area contributed by atoms with Gasteiger partial charge in [-0.25, -0.2) is 14.8 Å². The smallest absolute Gasteiger partial charge is 0.407 e. The first-order chi connectivity index (χ1) is 24.5. The Balaban J connectivity index is 1.13. The minimum atomic E-state index is -0.982. The number of piperazine rings is 1. The first-order valence-electron chi connectivity index (χ1n) is 17.1. The number of carbonyl (C=O) groups excluding carboxylic acids is 1. The van der Waals surface area contributed by atoms with Crippen molar-refractivity contribution >= 4 is 17.6 Å². The van der Waals surface area contributed by atoms with Crippen LogP contribution in [0.1, 0.15) is 45.2 Å². The van der Waals surface area contributed by atoms with Gasteiger partial charge in [0, 0.05) is 56.5 Å². The molecule has 1 fully saturated rings. The average Bonchev–Trinajstić information content (AvgIpc) is 3.80. The van der Waals surface area contributed by atoms with E-state index in [1.807, 2.05) is 106 Å². The number of hydrogen-bond donors (Lipinski definition) is 1. The lowest BCUT2D eigenvalue weighted by Gasteiger charge is -2.35. The molecule has 1 aliphatic rings. The lowest BCUT2D eigenvalue weighted by molar-refractivity contribution is 0.0630. The molecule has 0 bridgehead atoms. The second-order valence-corrected chi connectivity index (χ2v) is 12.6. The lowest BCUT2D eigenvalue weighted by Crippen LogP contribution is -2.49. The van der Waals surface area contributed by atoms with Gasteiger partial charge in [-0.15, -0.1) is 0 Å². The maximum atomic E-state index is 12.9. The summed E-state index contributed by atoms with van der Waals surface area (Å²) in [5, 5.41) is 10.4. The summed E-state index contributed by atoms with van der Waals surface area (Å²) in [6, 6.07) is 33.3. The van der Waals surface area contributed by atoms with Gasteiger partial charge in [0.1, 0.15) is 5.76 Å². The number of hydrogen-bond acceptors (Lipinski definition) is 6. The molecule has 10 heteroatoms. The monoisotopic (exact) mass is 668 g/mol. The van der Waals surface area contributed by atoms with Crippen molar-refractivity contribution in [1.29, 1.82) is 0 Å². The van der Waals surface area contributed by atoms with E-state index in [1.165, 1.54) is 4.90 Å². The summed E-state index contributed by atoms with van der Waals surface area (Å²) in [7, 11) is 0. The van der Waals surface area contributed by atoms with Gasteiger partial charge in [-0.1, -0.05) is 78.9 Å². The van der Waals surface area contributed by atoms with E-state index in [4.69, 9.17) is 14.4 Å². The predicted molar refractivity (Wildman–Crippen MR) is 191 cm³/mol. The predicted octanol–water partition coefficient (Wildman–Crippen LogP) is 6.50. The normalized spacial score (nSPS) is 13.5. The summed E-state index contributed by atoms with van der Waals surface area (Å²) >= 11 is 0. The molecule has 0 aliphatic carbocycles. The average molecular weight is 669 g/mol. The second kappa shape index (κ2) is 15.2. The molecule has 0 spiro atoms. The molecule has 3 aromatic carbocycles. The van der Waals surface area contributed by atoms with Crippen LogP contribution in [0.5, 0.6) is 0 Å². The number of fused-ring (bicyclic) bond motifs is 1. The van der Waals surface area contributed by atoms with E-state index >= 15 is 0 Å². The molecular weight excluding hydrogens is 628 g/mol. The molecule has 4 heterocycles. The summed E-state index contributed by atoms with van der Waals surface area (Å²) < 4.78 is 7.75. The first-order valence-corrected chi connectivity index (χ1v) is 17.1. The number of benzene rings is 3. The zero-order chi connectivity index (χ0) is 34.3. The van der Waals surface area contributed by atoms with Crippen molar-refractivity contribution in [3.63, 3.8) is 0 Å². The van der Waals surface area contributed by atoms with Crippen molar-refractivity contribution in [2.75, 3.05) is 39.3 Å². The molecule has 1 saturated heterocycles. The minimum absolute atomic E-state index is 0.0539. The van der Waals surface area contributed by atoms with Gasteiger partial charge in [0.2, 0.25) is 0 Å².